The van der Waals surface area contributed by atoms with Gasteiger partial charge >= 0.3 is 0 Å². The smallest absolute Gasteiger partial charge is 0.243 e. The van der Waals surface area contributed by atoms with Crippen LogP contribution < -0.4 is 5.32 Å². The molecule has 8 heteroatoms. The molecular weight excluding hydrogens is 467 g/mol. The number of likely N-dealkylation sites (N-methyl/N-ethyl adjacent to an activating group) is 1. The minimum Gasteiger partial charge on any atom is -0.353 e. The van der Waals surface area contributed by atoms with Gasteiger partial charge in [0.25, 0.3) is 0 Å². The highest BCUT2D eigenvalue weighted by molar-refractivity contribution is 14.0. The summed E-state index contributed by atoms with van der Waals surface area (Å²) in [5.74, 6) is 3.12. The maximum absolute atomic E-state index is 12.1. The topological polar surface area (TPSA) is 65.8 Å². The van der Waals surface area contributed by atoms with Gasteiger partial charge in [-0.2, -0.15) is 5.10 Å². The summed E-state index contributed by atoms with van der Waals surface area (Å²) in [6.07, 6.45) is 10.5. The number of nitrogens with one attached hydrogen (secondary N) is 1. The summed E-state index contributed by atoms with van der Waals surface area (Å²) in [6, 6.07) is 0.523. The molecule has 2 bridgehead atoms. The fourth-order valence-corrected chi connectivity index (χ4v) is 4.98. The molecule has 4 rings (SSSR count). The van der Waals surface area contributed by atoms with Crippen molar-refractivity contribution in [3.63, 3.8) is 0 Å². The molecule has 28 heavy (non-hydrogen) atoms. The number of nitrogens with zero attached hydrogens (tertiary/aromatic N) is 5. The van der Waals surface area contributed by atoms with E-state index in [-0.39, 0.29) is 36.4 Å². The lowest BCUT2D eigenvalue weighted by molar-refractivity contribution is -0.127. The van der Waals surface area contributed by atoms with E-state index < -0.39 is 0 Å². The molecule has 7 nitrogen and oxygen atoms in total. The highest BCUT2D eigenvalue weighted by Gasteiger charge is 2.40. The third-order valence-corrected chi connectivity index (χ3v) is 6.60. The van der Waals surface area contributed by atoms with Gasteiger partial charge < -0.3 is 15.1 Å². The second kappa shape index (κ2) is 9.00. The third kappa shape index (κ3) is 4.63. The van der Waals surface area contributed by atoms with Crippen LogP contribution in [0.5, 0.6) is 0 Å². The number of guanidine groups is 1. The molecule has 0 spiro atoms. The van der Waals surface area contributed by atoms with Gasteiger partial charge in [0, 0.05) is 52.4 Å². The van der Waals surface area contributed by atoms with Crippen molar-refractivity contribution in [2.45, 2.75) is 44.1 Å². The van der Waals surface area contributed by atoms with Crippen molar-refractivity contribution in [1.82, 2.24) is 24.9 Å². The van der Waals surface area contributed by atoms with E-state index in [1.807, 2.05) is 17.9 Å². The molecule has 1 N–H and O–H groups in total. The normalized spacial score (nSPS) is 29.1. The van der Waals surface area contributed by atoms with Crippen LogP contribution in [-0.2, 0) is 11.8 Å². The van der Waals surface area contributed by atoms with E-state index >= 15 is 0 Å². The number of hydrogen-bond acceptors (Lipinski definition) is 3. The number of fused-ring (bicyclic) bond motifs is 2. The average Bonchev–Trinajstić information content (AvgIpc) is 3.41. The number of aryl methyl sites for hydroxylation is 1. The molecular formula is C20H33IN6O. The van der Waals surface area contributed by atoms with Gasteiger partial charge in [0.15, 0.2) is 5.96 Å². The van der Waals surface area contributed by atoms with Crippen LogP contribution in [0.2, 0.25) is 0 Å². The van der Waals surface area contributed by atoms with Gasteiger partial charge in [0.2, 0.25) is 5.91 Å². The molecule has 0 aromatic carbocycles. The van der Waals surface area contributed by atoms with Crippen molar-refractivity contribution in [3.8, 4) is 0 Å². The molecule has 2 aliphatic carbocycles. The van der Waals surface area contributed by atoms with Crippen LogP contribution in [0.3, 0.4) is 0 Å². The molecule has 1 saturated heterocycles. The Bertz CT molecular complexity index is 717. The first-order valence-corrected chi connectivity index (χ1v) is 10.2. The fourth-order valence-electron chi connectivity index (χ4n) is 4.98. The Balaban J connectivity index is 0.00000225. The van der Waals surface area contributed by atoms with Gasteiger partial charge in [-0.3, -0.25) is 9.48 Å². The summed E-state index contributed by atoms with van der Waals surface area (Å²) in [4.78, 5) is 20.8. The molecule has 3 fully saturated rings. The van der Waals surface area contributed by atoms with Crippen molar-refractivity contribution in [1.29, 1.82) is 0 Å². The fraction of sp³-hybridized carbons (Fsp3) is 0.750. The van der Waals surface area contributed by atoms with E-state index in [1.165, 1.54) is 31.2 Å². The standard InChI is InChI=1S/C20H32N6O.HI/c1-24(2)19(27)11-21-20(23-18-9-14-4-5-15(18)8-14)26-7-6-16(13-26)17-10-22-25(3)12-17;/h10,12,14-16,18H,4-9,11,13H2,1-3H3,(H,21,23);1H. The summed E-state index contributed by atoms with van der Waals surface area (Å²) in [5, 5.41) is 8.07. The molecule has 2 heterocycles. The third-order valence-electron chi connectivity index (χ3n) is 6.60. The maximum Gasteiger partial charge on any atom is 0.243 e. The van der Waals surface area contributed by atoms with Crippen molar-refractivity contribution < 1.29 is 4.79 Å². The lowest BCUT2D eigenvalue weighted by Crippen LogP contribution is -2.47. The minimum atomic E-state index is 0. The quantitative estimate of drug-likeness (QED) is 0.391. The monoisotopic (exact) mass is 500 g/mol. The summed E-state index contributed by atoms with van der Waals surface area (Å²) in [5.41, 5.74) is 1.30. The SMILES string of the molecule is CN(C)C(=O)CN=C(NC1CC2CCC1C2)N1CCC(c2cnn(C)c2)C1.I. The molecule has 1 aliphatic heterocycles. The van der Waals surface area contributed by atoms with Gasteiger partial charge in [-0.25, -0.2) is 4.99 Å². The first-order chi connectivity index (χ1) is 13.0. The molecule has 4 unspecified atom stereocenters. The van der Waals surface area contributed by atoms with Gasteiger partial charge in [0.05, 0.1) is 6.20 Å². The van der Waals surface area contributed by atoms with E-state index in [2.05, 4.69) is 21.5 Å². The zero-order chi connectivity index (χ0) is 19.0. The number of carbonyl (C=O) groups is 1. The molecule has 0 radical (unpaired) electrons. The van der Waals surface area contributed by atoms with E-state index in [0.29, 0.717) is 12.0 Å². The lowest BCUT2D eigenvalue weighted by Gasteiger charge is -2.29. The second-order valence-corrected chi connectivity index (χ2v) is 8.73. The Morgan fingerprint density at radius 3 is 2.75 bits per heavy atom. The van der Waals surface area contributed by atoms with Crippen molar-refractivity contribution in [2.24, 2.45) is 23.9 Å². The maximum atomic E-state index is 12.1. The molecule has 2 saturated carbocycles. The first-order valence-electron chi connectivity index (χ1n) is 10.2. The van der Waals surface area contributed by atoms with Gasteiger partial charge in [-0.1, -0.05) is 6.42 Å². The van der Waals surface area contributed by atoms with Crippen LogP contribution in [0.15, 0.2) is 17.4 Å². The Morgan fingerprint density at radius 1 is 1.32 bits per heavy atom. The number of halogens is 1. The van der Waals surface area contributed by atoms with Crippen LogP contribution in [0.25, 0.3) is 0 Å². The Labute approximate surface area is 184 Å². The zero-order valence-corrected chi connectivity index (χ0v) is 19.5. The number of rotatable bonds is 4. The zero-order valence-electron chi connectivity index (χ0n) is 17.2. The Hall–Kier alpha value is -1.32. The van der Waals surface area contributed by atoms with Crippen LogP contribution in [-0.4, -0.2) is 71.2 Å². The molecule has 3 aliphatic rings. The van der Waals surface area contributed by atoms with Crippen LogP contribution in [0.4, 0.5) is 0 Å². The predicted molar refractivity (Wildman–Crippen MR) is 121 cm³/mol. The number of hydrogen-bond donors (Lipinski definition) is 1. The summed E-state index contributed by atoms with van der Waals surface area (Å²) < 4.78 is 1.87. The molecule has 1 aromatic heterocycles. The average molecular weight is 500 g/mol. The van der Waals surface area contributed by atoms with Gasteiger partial charge in [-0.05, 0) is 43.1 Å². The Morgan fingerprint density at radius 2 is 2.14 bits per heavy atom. The van der Waals surface area contributed by atoms with Gasteiger partial charge in [0.1, 0.15) is 6.54 Å². The van der Waals surface area contributed by atoms with Crippen LogP contribution in [0, 0.1) is 11.8 Å². The summed E-state index contributed by atoms with van der Waals surface area (Å²) in [6.45, 7) is 2.13. The van der Waals surface area contributed by atoms with Crippen LogP contribution in [0.1, 0.15) is 43.6 Å². The number of aromatic nitrogens is 2. The molecule has 4 atom stereocenters. The number of aliphatic imine (C=N–C) groups is 1. The van der Waals surface area contributed by atoms with Crippen molar-refractivity contribution in [2.75, 3.05) is 33.7 Å². The number of amides is 1. The first kappa shape index (κ1) is 21.4. The van der Waals surface area contributed by atoms with E-state index in [4.69, 9.17) is 4.99 Å². The highest BCUT2D eigenvalue weighted by atomic mass is 127. The lowest BCUT2D eigenvalue weighted by atomic mass is 9.95. The minimum absolute atomic E-state index is 0. The molecule has 1 amide bonds. The highest BCUT2D eigenvalue weighted by Crippen LogP contribution is 2.44. The largest absolute Gasteiger partial charge is 0.353 e. The molecule has 156 valence electrons. The number of likely N-dealkylation sites (tertiary alicyclic amines) is 1. The van der Waals surface area contributed by atoms with Crippen molar-refractivity contribution in [3.05, 3.63) is 18.0 Å². The second-order valence-electron chi connectivity index (χ2n) is 8.73. The Kier molecular flexibility index (Phi) is 6.88. The summed E-state index contributed by atoms with van der Waals surface area (Å²) in [7, 11) is 5.54. The van der Waals surface area contributed by atoms with Gasteiger partial charge in [-0.15, -0.1) is 24.0 Å². The predicted octanol–water partition coefficient (Wildman–Crippen LogP) is 2.05. The van der Waals surface area contributed by atoms with E-state index in [9.17, 15) is 4.79 Å². The number of carbonyl (C=O) groups excluding carboxylic acids is 1. The molecule has 1 aromatic rings. The summed E-state index contributed by atoms with van der Waals surface area (Å²) >= 11 is 0. The van der Waals surface area contributed by atoms with Crippen molar-refractivity contribution >= 4 is 35.8 Å². The van der Waals surface area contributed by atoms with E-state index in [0.717, 1.165) is 37.3 Å². The van der Waals surface area contributed by atoms with Crippen LogP contribution >= 0.6 is 24.0 Å². The van der Waals surface area contributed by atoms with E-state index in [1.54, 1.807) is 19.0 Å².